The molecule has 24 heavy (non-hydrogen) atoms. The lowest BCUT2D eigenvalue weighted by atomic mass is 10.1. The second-order valence-corrected chi connectivity index (χ2v) is 6.15. The van der Waals surface area contributed by atoms with Gasteiger partial charge in [0.05, 0.1) is 17.4 Å². The Morgan fingerprint density at radius 3 is 2.88 bits per heavy atom. The van der Waals surface area contributed by atoms with Crippen molar-refractivity contribution in [2.45, 2.75) is 32.4 Å². The fourth-order valence-electron chi connectivity index (χ4n) is 3.19. The van der Waals surface area contributed by atoms with Gasteiger partial charge < -0.3 is 8.94 Å². The standard InChI is InChI=1S/C18H18FN3O2/c1-12-9-17(24-21-12)16-3-2-8-22(16)10-15-11-23-18(20-15)13-4-6-14(19)7-5-13/h4-7,9,11,16H,2-3,8,10H2,1H3/t16-/m1/s1. The van der Waals surface area contributed by atoms with E-state index in [9.17, 15) is 4.39 Å². The molecule has 0 spiro atoms. The van der Waals surface area contributed by atoms with Gasteiger partial charge in [-0.15, -0.1) is 0 Å². The van der Waals surface area contributed by atoms with Crippen LogP contribution in [-0.4, -0.2) is 21.6 Å². The van der Waals surface area contributed by atoms with Crippen LogP contribution in [0.2, 0.25) is 0 Å². The smallest absolute Gasteiger partial charge is 0.226 e. The molecule has 2 aromatic heterocycles. The number of aryl methyl sites for hydroxylation is 1. The first-order chi connectivity index (χ1) is 11.7. The lowest BCUT2D eigenvalue weighted by molar-refractivity contribution is 0.204. The molecule has 5 nitrogen and oxygen atoms in total. The van der Waals surface area contributed by atoms with E-state index in [1.807, 2.05) is 13.0 Å². The van der Waals surface area contributed by atoms with Crippen molar-refractivity contribution in [2.75, 3.05) is 6.54 Å². The van der Waals surface area contributed by atoms with Gasteiger partial charge in [0, 0.05) is 18.2 Å². The predicted octanol–water partition coefficient (Wildman–Crippen LogP) is 4.11. The Balaban J connectivity index is 1.50. The first kappa shape index (κ1) is 15.1. The average molecular weight is 327 g/mol. The second-order valence-electron chi connectivity index (χ2n) is 6.15. The van der Waals surface area contributed by atoms with Crippen molar-refractivity contribution in [3.63, 3.8) is 0 Å². The third-order valence-corrected chi connectivity index (χ3v) is 4.35. The van der Waals surface area contributed by atoms with Crippen molar-refractivity contribution in [1.29, 1.82) is 0 Å². The lowest BCUT2D eigenvalue weighted by Crippen LogP contribution is -2.22. The molecule has 4 rings (SSSR count). The van der Waals surface area contributed by atoms with Gasteiger partial charge in [0.2, 0.25) is 5.89 Å². The molecule has 0 aliphatic carbocycles. The summed E-state index contributed by atoms with van der Waals surface area (Å²) < 4.78 is 24.0. The summed E-state index contributed by atoms with van der Waals surface area (Å²) in [7, 11) is 0. The summed E-state index contributed by atoms with van der Waals surface area (Å²) in [5, 5.41) is 3.99. The third kappa shape index (κ3) is 2.97. The van der Waals surface area contributed by atoms with Gasteiger partial charge in [-0.05, 0) is 50.6 Å². The number of aromatic nitrogens is 2. The molecule has 1 atom stereocenters. The maximum Gasteiger partial charge on any atom is 0.226 e. The number of halogens is 1. The lowest BCUT2D eigenvalue weighted by Gasteiger charge is -2.20. The summed E-state index contributed by atoms with van der Waals surface area (Å²) in [6.07, 6.45) is 3.84. The highest BCUT2D eigenvalue weighted by molar-refractivity contribution is 5.52. The highest BCUT2D eigenvalue weighted by Gasteiger charge is 2.29. The van der Waals surface area contributed by atoms with E-state index in [1.54, 1.807) is 18.4 Å². The Morgan fingerprint density at radius 1 is 1.29 bits per heavy atom. The molecular formula is C18H18FN3O2. The molecule has 0 bridgehead atoms. The molecule has 6 heteroatoms. The number of likely N-dealkylation sites (tertiary alicyclic amines) is 1. The van der Waals surface area contributed by atoms with E-state index in [0.29, 0.717) is 12.4 Å². The van der Waals surface area contributed by atoms with Crippen LogP contribution in [0.25, 0.3) is 11.5 Å². The van der Waals surface area contributed by atoms with Gasteiger partial charge in [-0.3, -0.25) is 4.90 Å². The molecule has 124 valence electrons. The van der Waals surface area contributed by atoms with Crippen LogP contribution in [0.4, 0.5) is 4.39 Å². The summed E-state index contributed by atoms with van der Waals surface area (Å²) in [5.41, 5.74) is 2.53. The van der Waals surface area contributed by atoms with Crippen molar-refractivity contribution in [3.05, 3.63) is 59.6 Å². The monoisotopic (exact) mass is 327 g/mol. The first-order valence-corrected chi connectivity index (χ1v) is 8.06. The van der Waals surface area contributed by atoms with Crippen molar-refractivity contribution >= 4 is 0 Å². The van der Waals surface area contributed by atoms with Gasteiger partial charge in [0.25, 0.3) is 0 Å². The van der Waals surface area contributed by atoms with Gasteiger partial charge >= 0.3 is 0 Å². The molecule has 0 radical (unpaired) electrons. The summed E-state index contributed by atoms with van der Waals surface area (Å²) in [4.78, 5) is 6.86. The van der Waals surface area contributed by atoms with Crippen LogP contribution in [0.3, 0.4) is 0 Å². The molecule has 1 saturated heterocycles. The molecule has 0 saturated carbocycles. The van der Waals surface area contributed by atoms with Crippen molar-refractivity contribution < 1.29 is 13.3 Å². The van der Waals surface area contributed by atoms with E-state index in [1.165, 1.54) is 12.1 Å². The largest absolute Gasteiger partial charge is 0.444 e. The predicted molar refractivity (Wildman–Crippen MR) is 85.5 cm³/mol. The zero-order valence-electron chi connectivity index (χ0n) is 13.4. The van der Waals surface area contributed by atoms with Gasteiger partial charge in [-0.25, -0.2) is 9.37 Å². The zero-order chi connectivity index (χ0) is 16.5. The number of rotatable bonds is 4. The van der Waals surface area contributed by atoms with E-state index in [2.05, 4.69) is 15.0 Å². The Bertz CT molecular complexity index is 825. The summed E-state index contributed by atoms with van der Waals surface area (Å²) in [6, 6.07) is 8.37. The molecule has 3 aromatic rings. The molecular weight excluding hydrogens is 309 g/mol. The number of benzene rings is 1. The number of nitrogens with zero attached hydrogens (tertiary/aromatic N) is 3. The van der Waals surface area contributed by atoms with Gasteiger partial charge in [0.1, 0.15) is 12.1 Å². The summed E-state index contributed by atoms with van der Waals surface area (Å²) in [6.45, 7) is 3.61. The minimum atomic E-state index is -0.271. The first-order valence-electron chi connectivity index (χ1n) is 8.06. The van der Waals surface area contributed by atoms with Crippen LogP contribution in [0.5, 0.6) is 0 Å². The third-order valence-electron chi connectivity index (χ3n) is 4.35. The van der Waals surface area contributed by atoms with Gasteiger partial charge in [-0.1, -0.05) is 5.16 Å². The maximum atomic E-state index is 13.0. The molecule has 1 fully saturated rings. The molecule has 1 aromatic carbocycles. The van der Waals surface area contributed by atoms with Crippen molar-refractivity contribution in [3.8, 4) is 11.5 Å². The second kappa shape index (κ2) is 6.20. The minimum absolute atomic E-state index is 0.233. The Labute approximate surface area is 139 Å². The maximum absolute atomic E-state index is 13.0. The SMILES string of the molecule is Cc1cc([C@H]2CCCN2Cc2coc(-c3ccc(F)cc3)n2)on1. The fourth-order valence-corrected chi connectivity index (χ4v) is 3.19. The molecule has 3 heterocycles. The van der Waals surface area contributed by atoms with E-state index >= 15 is 0 Å². The Morgan fingerprint density at radius 2 is 2.12 bits per heavy atom. The quantitative estimate of drug-likeness (QED) is 0.721. The van der Waals surface area contributed by atoms with E-state index in [0.717, 1.165) is 42.1 Å². The normalized spacial score (nSPS) is 18.3. The fraction of sp³-hybridized carbons (Fsp3) is 0.333. The van der Waals surface area contributed by atoms with E-state index < -0.39 is 0 Å². The van der Waals surface area contributed by atoms with Gasteiger partial charge in [-0.2, -0.15) is 0 Å². The number of hydrogen-bond acceptors (Lipinski definition) is 5. The Hall–Kier alpha value is -2.47. The van der Waals surface area contributed by atoms with Crippen molar-refractivity contribution in [1.82, 2.24) is 15.0 Å². The molecule has 0 unspecified atom stereocenters. The van der Waals surface area contributed by atoms with Crippen LogP contribution in [0.15, 0.2) is 45.5 Å². The topological polar surface area (TPSA) is 55.3 Å². The average Bonchev–Trinajstić information content (AvgIpc) is 3.30. The molecule has 0 amide bonds. The van der Waals surface area contributed by atoms with Crippen molar-refractivity contribution in [2.24, 2.45) is 0 Å². The van der Waals surface area contributed by atoms with Crippen LogP contribution in [0.1, 0.15) is 36.0 Å². The minimum Gasteiger partial charge on any atom is -0.444 e. The van der Waals surface area contributed by atoms with Crippen LogP contribution >= 0.6 is 0 Å². The van der Waals surface area contributed by atoms with Gasteiger partial charge in [0.15, 0.2) is 5.76 Å². The Kier molecular flexibility index (Phi) is 3.90. The van der Waals surface area contributed by atoms with Crippen LogP contribution < -0.4 is 0 Å². The zero-order valence-corrected chi connectivity index (χ0v) is 13.4. The molecule has 0 N–H and O–H groups in total. The van der Waals surface area contributed by atoms with E-state index in [-0.39, 0.29) is 11.9 Å². The highest BCUT2D eigenvalue weighted by atomic mass is 19.1. The summed E-state index contributed by atoms with van der Waals surface area (Å²) in [5.74, 6) is 1.15. The van der Waals surface area contributed by atoms with E-state index in [4.69, 9.17) is 8.94 Å². The number of oxazole rings is 1. The summed E-state index contributed by atoms with van der Waals surface area (Å²) >= 11 is 0. The number of hydrogen-bond donors (Lipinski definition) is 0. The highest BCUT2D eigenvalue weighted by Crippen LogP contribution is 2.33. The van der Waals surface area contributed by atoms with Crippen LogP contribution in [0, 0.1) is 12.7 Å². The molecule has 1 aliphatic heterocycles. The molecule has 1 aliphatic rings. The van der Waals surface area contributed by atoms with Crippen LogP contribution in [-0.2, 0) is 6.54 Å².